The van der Waals surface area contributed by atoms with Crippen molar-refractivity contribution in [2.75, 3.05) is 0 Å². The van der Waals surface area contributed by atoms with Gasteiger partial charge in [0.05, 0.1) is 0 Å². The predicted octanol–water partition coefficient (Wildman–Crippen LogP) is 1.48. The molecule has 58 valence electrons. The van der Waals surface area contributed by atoms with Crippen molar-refractivity contribution in [3.63, 3.8) is 0 Å². The Labute approximate surface area is 62.3 Å². The number of rotatable bonds is 1. The van der Waals surface area contributed by atoms with E-state index < -0.39 is 0 Å². The average Bonchev–Trinajstić information content (AvgIpc) is 1.59. The van der Waals surface area contributed by atoms with Gasteiger partial charge in [-0.25, -0.2) is 0 Å². The Balaban J connectivity index is 3.81. The van der Waals surface area contributed by atoms with Gasteiger partial charge in [0.1, 0.15) is 0 Å². The monoisotopic (exact) mass is 141 g/mol. The number of hydrogen-bond donors (Lipinski definition) is 1. The lowest BCUT2D eigenvalue weighted by atomic mass is 10.1. The first-order valence-electron chi connectivity index (χ1n) is 3.40. The first-order chi connectivity index (χ1) is 4.45. The zero-order chi connectivity index (χ0) is 8.20. The normalized spacial score (nSPS) is 12.0. The average molecular weight is 141 g/mol. The van der Waals surface area contributed by atoms with Gasteiger partial charge >= 0.3 is 0 Å². The molecule has 0 aliphatic carbocycles. The Kier molecular flexibility index (Phi) is 3.13. The molecule has 0 rings (SSSR count). The van der Waals surface area contributed by atoms with Crippen LogP contribution in [0.1, 0.15) is 27.7 Å². The Bertz CT molecular complexity index is 142. The van der Waals surface area contributed by atoms with Crippen molar-refractivity contribution >= 4 is 5.91 Å². The van der Waals surface area contributed by atoms with E-state index in [9.17, 15) is 4.79 Å². The van der Waals surface area contributed by atoms with Gasteiger partial charge in [-0.15, -0.1) is 0 Å². The lowest BCUT2D eigenvalue weighted by Gasteiger charge is -2.18. The molecule has 0 saturated heterocycles. The Morgan fingerprint density at radius 1 is 1.40 bits per heavy atom. The molecule has 0 aromatic heterocycles. The first-order valence-corrected chi connectivity index (χ1v) is 3.40. The van der Waals surface area contributed by atoms with E-state index in [1.165, 1.54) is 6.08 Å². The summed E-state index contributed by atoms with van der Waals surface area (Å²) in [4.78, 5) is 10.9. The molecular formula is C8H15NO. The molecule has 0 heterocycles. The molecule has 0 fully saturated rings. The van der Waals surface area contributed by atoms with E-state index >= 15 is 0 Å². The van der Waals surface area contributed by atoms with Crippen LogP contribution in [-0.2, 0) is 4.79 Å². The fourth-order valence-corrected chi connectivity index (χ4v) is 0.563. The largest absolute Gasteiger partial charge is 0.348 e. The Hall–Kier alpha value is -0.790. The maximum Gasteiger partial charge on any atom is 0.244 e. The molecule has 0 aliphatic heterocycles. The first kappa shape index (κ1) is 9.21. The van der Waals surface area contributed by atoms with Gasteiger partial charge in [0.15, 0.2) is 0 Å². The molecule has 1 N–H and O–H groups in total. The molecule has 0 bridgehead atoms. The van der Waals surface area contributed by atoms with Crippen LogP contribution >= 0.6 is 0 Å². The van der Waals surface area contributed by atoms with E-state index in [-0.39, 0.29) is 11.4 Å². The third-order valence-corrected chi connectivity index (χ3v) is 0.816. The van der Waals surface area contributed by atoms with Crippen molar-refractivity contribution in [1.29, 1.82) is 0 Å². The van der Waals surface area contributed by atoms with Crippen molar-refractivity contribution in [2.24, 2.45) is 0 Å². The summed E-state index contributed by atoms with van der Waals surface area (Å²) < 4.78 is 0. The highest BCUT2D eigenvalue weighted by Gasteiger charge is 2.10. The zero-order valence-electron chi connectivity index (χ0n) is 7.06. The molecule has 0 unspecified atom stereocenters. The van der Waals surface area contributed by atoms with Crippen LogP contribution < -0.4 is 5.32 Å². The molecule has 2 heteroatoms. The van der Waals surface area contributed by atoms with Crippen LogP contribution in [0.2, 0.25) is 0 Å². The molecule has 0 spiro atoms. The molecule has 0 radical (unpaired) electrons. The molecule has 2 nitrogen and oxygen atoms in total. The Morgan fingerprint density at radius 2 is 1.90 bits per heavy atom. The summed E-state index contributed by atoms with van der Waals surface area (Å²) in [7, 11) is 0. The van der Waals surface area contributed by atoms with Gasteiger partial charge in [0.25, 0.3) is 0 Å². The molecule has 0 aromatic carbocycles. The van der Waals surface area contributed by atoms with E-state index in [1.54, 1.807) is 6.08 Å². The maximum atomic E-state index is 10.9. The van der Waals surface area contributed by atoms with Crippen LogP contribution in [0.25, 0.3) is 0 Å². The van der Waals surface area contributed by atoms with Crippen molar-refractivity contribution in [1.82, 2.24) is 5.32 Å². The minimum atomic E-state index is -0.128. The fraction of sp³-hybridized carbons (Fsp3) is 0.625. The molecule has 0 saturated carbocycles. The van der Waals surface area contributed by atoms with E-state index in [0.29, 0.717) is 0 Å². The topological polar surface area (TPSA) is 29.1 Å². The molecule has 10 heavy (non-hydrogen) atoms. The summed E-state index contributed by atoms with van der Waals surface area (Å²) >= 11 is 0. The van der Waals surface area contributed by atoms with Gasteiger partial charge in [-0.05, 0) is 33.8 Å². The van der Waals surface area contributed by atoms with E-state index in [2.05, 4.69) is 5.32 Å². The second-order valence-electron chi connectivity index (χ2n) is 3.24. The number of amides is 1. The fourth-order valence-electron chi connectivity index (χ4n) is 0.563. The summed E-state index contributed by atoms with van der Waals surface area (Å²) in [5.41, 5.74) is -0.128. The quantitative estimate of drug-likeness (QED) is 0.550. The van der Waals surface area contributed by atoms with E-state index in [1.807, 2.05) is 27.7 Å². The third-order valence-electron chi connectivity index (χ3n) is 0.816. The molecular weight excluding hydrogens is 126 g/mol. The number of nitrogens with one attached hydrogen (secondary N) is 1. The van der Waals surface area contributed by atoms with Crippen molar-refractivity contribution in [3.8, 4) is 0 Å². The number of hydrogen-bond acceptors (Lipinski definition) is 1. The third kappa shape index (κ3) is 5.35. The van der Waals surface area contributed by atoms with Gasteiger partial charge in [-0.1, -0.05) is 6.08 Å². The standard InChI is InChI=1S/C8H15NO/c1-5-6-7(10)9-8(2,3)4/h5-6H,1-4H3,(H,9,10). The van der Waals surface area contributed by atoms with E-state index in [0.717, 1.165) is 0 Å². The van der Waals surface area contributed by atoms with Crippen LogP contribution in [0, 0.1) is 0 Å². The summed E-state index contributed by atoms with van der Waals surface area (Å²) in [5.74, 6) is -0.0324. The van der Waals surface area contributed by atoms with Crippen LogP contribution in [0.15, 0.2) is 12.2 Å². The predicted molar refractivity (Wildman–Crippen MR) is 42.7 cm³/mol. The second kappa shape index (κ2) is 3.40. The second-order valence-corrected chi connectivity index (χ2v) is 3.24. The Morgan fingerprint density at radius 3 is 2.20 bits per heavy atom. The summed E-state index contributed by atoms with van der Waals surface area (Å²) in [6, 6.07) is 0. The van der Waals surface area contributed by atoms with Crippen molar-refractivity contribution in [3.05, 3.63) is 12.2 Å². The molecule has 0 atom stereocenters. The smallest absolute Gasteiger partial charge is 0.244 e. The van der Waals surface area contributed by atoms with Crippen molar-refractivity contribution < 1.29 is 4.79 Å². The van der Waals surface area contributed by atoms with Gasteiger partial charge in [-0.3, -0.25) is 4.79 Å². The number of allylic oxidation sites excluding steroid dienone is 1. The lowest BCUT2D eigenvalue weighted by molar-refractivity contribution is -0.117. The van der Waals surface area contributed by atoms with Crippen molar-refractivity contribution in [2.45, 2.75) is 33.2 Å². The highest BCUT2D eigenvalue weighted by atomic mass is 16.1. The van der Waals surface area contributed by atoms with Gasteiger partial charge in [0, 0.05) is 5.54 Å². The maximum absolute atomic E-state index is 10.9. The summed E-state index contributed by atoms with van der Waals surface area (Å²) in [5, 5.41) is 2.79. The zero-order valence-corrected chi connectivity index (χ0v) is 7.06. The van der Waals surface area contributed by atoms with Crippen LogP contribution in [0.4, 0.5) is 0 Å². The van der Waals surface area contributed by atoms with Gasteiger partial charge in [-0.2, -0.15) is 0 Å². The number of carbonyl (C=O) groups excluding carboxylic acids is 1. The van der Waals surface area contributed by atoms with Gasteiger partial charge < -0.3 is 5.32 Å². The number of carbonyl (C=O) groups is 1. The van der Waals surface area contributed by atoms with E-state index in [4.69, 9.17) is 0 Å². The molecule has 0 aliphatic rings. The summed E-state index contributed by atoms with van der Waals surface area (Å²) in [6.07, 6.45) is 3.24. The summed E-state index contributed by atoms with van der Waals surface area (Å²) in [6.45, 7) is 7.68. The molecule has 1 amide bonds. The minimum absolute atomic E-state index is 0.0324. The highest BCUT2D eigenvalue weighted by Crippen LogP contribution is 1.97. The highest BCUT2D eigenvalue weighted by molar-refractivity contribution is 5.87. The molecule has 0 aromatic rings. The van der Waals surface area contributed by atoms with Gasteiger partial charge in [0.2, 0.25) is 5.91 Å². The SMILES string of the molecule is CC=CC(=O)NC(C)(C)C. The van der Waals surface area contributed by atoms with Crippen LogP contribution in [0.5, 0.6) is 0 Å². The minimum Gasteiger partial charge on any atom is -0.348 e. The van der Waals surface area contributed by atoms with Crippen LogP contribution in [0.3, 0.4) is 0 Å². The lowest BCUT2D eigenvalue weighted by Crippen LogP contribution is -2.39. The van der Waals surface area contributed by atoms with Crippen LogP contribution in [-0.4, -0.2) is 11.4 Å².